The lowest BCUT2D eigenvalue weighted by molar-refractivity contribution is 0.178. The summed E-state index contributed by atoms with van der Waals surface area (Å²) in [5.41, 5.74) is 1.16. The molecule has 0 saturated heterocycles. The zero-order valence-electron chi connectivity index (χ0n) is 15.7. The van der Waals surface area contributed by atoms with Crippen LogP contribution in [0.3, 0.4) is 0 Å². The molecule has 0 saturated carbocycles. The van der Waals surface area contributed by atoms with Crippen molar-refractivity contribution in [1.82, 2.24) is 15.5 Å². The van der Waals surface area contributed by atoms with Gasteiger partial charge >= 0.3 is 0 Å². The Balaban J connectivity index is 2.47. The maximum absolute atomic E-state index is 5.25. The van der Waals surface area contributed by atoms with Gasteiger partial charge in [-0.25, -0.2) is 0 Å². The third-order valence-electron chi connectivity index (χ3n) is 3.89. The fourth-order valence-corrected chi connectivity index (χ4v) is 3.23. The first-order chi connectivity index (χ1) is 11.4. The number of methoxy groups -OCH3 is 1. The number of aliphatic imine (C=N–C) groups is 1. The van der Waals surface area contributed by atoms with Crippen molar-refractivity contribution >= 4 is 21.9 Å². The van der Waals surface area contributed by atoms with Crippen LogP contribution in [-0.4, -0.2) is 50.2 Å². The van der Waals surface area contributed by atoms with Crippen LogP contribution in [0.25, 0.3) is 0 Å². The van der Waals surface area contributed by atoms with E-state index in [0.29, 0.717) is 18.6 Å². The monoisotopic (exact) mass is 398 g/mol. The van der Waals surface area contributed by atoms with Crippen molar-refractivity contribution in [2.24, 2.45) is 4.99 Å². The Kier molecular flexibility index (Phi) is 9.14. The first kappa shape index (κ1) is 20.8. The average Bonchev–Trinajstić information content (AvgIpc) is 2.53. The summed E-state index contributed by atoms with van der Waals surface area (Å²) in [6.45, 7) is 11.5. The molecule has 0 heterocycles. The summed E-state index contributed by atoms with van der Waals surface area (Å²) < 4.78 is 6.21. The van der Waals surface area contributed by atoms with Gasteiger partial charge in [-0.05, 0) is 61.3 Å². The third-order valence-corrected chi connectivity index (χ3v) is 4.51. The van der Waals surface area contributed by atoms with Gasteiger partial charge in [0.1, 0.15) is 5.75 Å². The highest BCUT2D eigenvalue weighted by molar-refractivity contribution is 9.10. The second kappa shape index (κ2) is 10.6. The molecular formula is C18H31BrN4O. The van der Waals surface area contributed by atoms with Gasteiger partial charge in [-0.3, -0.25) is 9.89 Å². The molecule has 136 valence electrons. The van der Waals surface area contributed by atoms with Gasteiger partial charge in [0.25, 0.3) is 0 Å². The number of hydrogen-bond donors (Lipinski definition) is 2. The van der Waals surface area contributed by atoms with E-state index in [2.05, 4.69) is 70.2 Å². The normalized spacial score (nSPS) is 12.2. The van der Waals surface area contributed by atoms with E-state index in [-0.39, 0.29) is 0 Å². The molecule has 0 aliphatic rings. The number of benzene rings is 1. The van der Waals surface area contributed by atoms with Crippen molar-refractivity contribution < 1.29 is 4.74 Å². The lowest BCUT2D eigenvalue weighted by Gasteiger charge is -2.30. The summed E-state index contributed by atoms with van der Waals surface area (Å²) in [5.74, 6) is 1.65. The number of halogens is 1. The molecule has 0 atom stereocenters. The van der Waals surface area contributed by atoms with E-state index in [1.54, 1.807) is 14.2 Å². The first-order valence-electron chi connectivity index (χ1n) is 8.41. The molecule has 0 aliphatic heterocycles. The van der Waals surface area contributed by atoms with Crippen LogP contribution in [-0.2, 0) is 6.54 Å². The topological polar surface area (TPSA) is 48.9 Å². The standard InChI is InChI=1S/C18H31BrN4O/c1-13(2)23(14(3)4)10-9-21-18(20-5)22-12-15-7-8-17(24-6)16(19)11-15/h7-8,11,13-14H,9-10,12H2,1-6H3,(H2,20,21,22). The van der Waals surface area contributed by atoms with Crippen LogP contribution in [0, 0.1) is 0 Å². The van der Waals surface area contributed by atoms with Crippen molar-refractivity contribution in [1.29, 1.82) is 0 Å². The predicted molar refractivity (Wildman–Crippen MR) is 106 cm³/mol. The maximum Gasteiger partial charge on any atom is 0.191 e. The van der Waals surface area contributed by atoms with Gasteiger partial charge < -0.3 is 15.4 Å². The quantitative estimate of drug-likeness (QED) is 0.521. The maximum atomic E-state index is 5.25. The van der Waals surface area contributed by atoms with Gasteiger partial charge in [0.05, 0.1) is 11.6 Å². The molecule has 1 aromatic rings. The molecule has 0 aromatic heterocycles. The smallest absolute Gasteiger partial charge is 0.191 e. The molecule has 0 bridgehead atoms. The first-order valence-corrected chi connectivity index (χ1v) is 9.21. The van der Waals surface area contributed by atoms with Crippen LogP contribution >= 0.6 is 15.9 Å². The number of guanidine groups is 1. The van der Waals surface area contributed by atoms with Gasteiger partial charge in [-0.15, -0.1) is 0 Å². The Morgan fingerprint density at radius 2 is 1.88 bits per heavy atom. The molecule has 0 spiro atoms. The van der Waals surface area contributed by atoms with Gasteiger partial charge in [-0.1, -0.05) is 6.07 Å². The molecule has 1 aromatic carbocycles. The molecule has 0 aliphatic carbocycles. The van der Waals surface area contributed by atoms with E-state index in [1.165, 1.54) is 0 Å². The highest BCUT2D eigenvalue weighted by Gasteiger charge is 2.12. The van der Waals surface area contributed by atoms with Crippen LogP contribution in [0.4, 0.5) is 0 Å². The lowest BCUT2D eigenvalue weighted by atomic mass is 10.2. The Labute approximate surface area is 155 Å². The minimum atomic E-state index is 0.540. The van der Waals surface area contributed by atoms with Crippen molar-refractivity contribution in [3.05, 3.63) is 28.2 Å². The molecule has 2 N–H and O–H groups in total. The number of nitrogens with one attached hydrogen (secondary N) is 2. The largest absolute Gasteiger partial charge is 0.496 e. The van der Waals surface area contributed by atoms with E-state index in [1.807, 2.05) is 12.1 Å². The summed E-state index contributed by atoms with van der Waals surface area (Å²) in [6.07, 6.45) is 0. The van der Waals surface area contributed by atoms with E-state index >= 15 is 0 Å². The molecule has 1 rings (SSSR count). The predicted octanol–water partition coefficient (Wildman–Crippen LogP) is 3.24. The Hall–Kier alpha value is -1.27. The number of hydrogen-bond acceptors (Lipinski definition) is 3. The van der Waals surface area contributed by atoms with E-state index in [0.717, 1.165) is 34.8 Å². The Bertz CT molecular complexity index is 524. The lowest BCUT2D eigenvalue weighted by Crippen LogP contribution is -2.45. The number of nitrogens with zero attached hydrogens (tertiary/aromatic N) is 2. The summed E-state index contributed by atoms with van der Waals surface area (Å²) in [7, 11) is 3.46. The van der Waals surface area contributed by atoms with E-state index in [9.17, 15) is 0 Å². The Morgan fingerprint density at radius 1 is 1.21 bits per heavy atom. The minimum absolute atomic E-state index is 0.540. The fourth-order valence-electron chi connectivity index (χ4n) is 2.64. The Morgan fingerprint density at radius 3 is 2.38 bits per heavy atom. The summed E-state index contributed by atoms with van der Waals surface area (Å²) in [6, 6.07) is 7.14. The van der Waals surface area contributed by atoms with Crippen molar-refractivity contribution in [2.75, 3.05) is 27.2 Å². The molecule has 24 heavy (non-hydrogen) atoms. The zero-order chi connectivity index (χ0) is 18.1. The van der Waals surface area contributed by atoms with Crippen LogP contribution in [0.1, 0.15) is 33.3 Å². The molecule has 0 amide bonds. The molecule has 0 radical (unpaired) electrons. The van der Waals surface area contributed by atoms with E-state index < -0.39 is 0 Å². The SMILES string of the molecule is CN=C(NCCN(C(C)C)C(C)C)NCc1ccc(OC)c(Br)c1. The van der Waals surface area contributed by atoms with Gasteiger partial charge in [-0.2, -0.15) is 0 Å². The van der Waals surface area contributed by atoms with Crippen molar-refractivity contribution in [2.45, 2.75) is 46.3 Å². The van der Waals surface area contributed by atoms with Gasteiger partial charge in [0, 0.05) is 38.8 Å². The van der Waals surface area contributed by atoms with Crippen LogP contribution < -0.4 is 15.4 Å². The van der Waals surface area contributed by atoms with Gasteiger partial charge in [0.2, 0.25) is 0 Å². The highest BCUT2D eigenvalue weighted by atomic mass is 79.9. The zero-order valence-corrected chi connectivity index (χ0v) is 17.3. The van der Waals surface area contributed by atoms with Crippen LogP contribution in [0.15, 0.2) is 27.7 Å². The fraction of sp³-hybridized carbons (Fsp3) is 0.611. The molecule has 5 nitrogen and oxygen atoms in total. The molecule has 0 unspecified atom stereocenters. The minimum Gasteiger partial charge on any atom is -0.496 e. The second-order valence-corrected chi connectivity index (χ2v) is 7.10. The summed E-state index contributed by atoms with van der Waals surface area (Å²) in [5, 5.41) is 6.72. The van der Waals surface area contributed by atoms with E-state index in [4.69, 9.17) is 4.74 Å². The highest BCUT2D eigenvalue weighted by Crippen LogP contribution is 2.25. The van der Waals surface area contributed by atoms with Crippen LogP contribution in [0.5, 0.6) is 5.75 Å². The summed E-state index contributed by atoms with van der Waals surface area (Å²) >= 11 is 3.51. The molecular weight excluding hydrogens is 368 g/mol. The summed E-state index contributed by atoms with van der Waals surface area (Å²) in [4.78, 5) is 6.74. The third kappa shape index (κ3) is 6.69. The van der Waals surface area contributed by atoms with Crippen molar-refractivity contribution in [3.8, 4) is 5.75 Å². The molecule has 6 heteroatoms. The average molecular weight is 399 g/mol. The number of ether oxygens (including phenoxy) is 1. The van der Waals surface area contributed by atoms with Gasteiger partial charge in [0.15, 0.2) is 5.96 Å². The van der Waals surface area contributed by atoms with Crippen LogP contribution in [0.2, 0.25) is 0 Å². The van der Waals surface area contributed by atoms with Crippen molar-refractivity contribution in [3.63, 3.8) is 0 Å². The second-order valence-electron chi connectivity index (χ2n) is 6.25. The molecule has 0 fully saturated rings. The number of rotatable bonds is 8.